The maximum absolute atomic E-state index is 12.2. The minimum atomic E-state index is -3.66. The van der Waals surface area contributed by atoms with E-state index in [0.29, 0.717) is 17.7 Å². The van der Waals surface area contributed by atoms with Gasteiger partial charge in [0, 0.05) is 24.4 Å². The molecule has 1 heterocycles. The fraction of sp³-hybridized carbons (Fsp3) is 0.133. The van der Waals surface area contributed by atoms with E-state index in [0.717, 1.165) is 0 Å². The number of aromatic nitrogens is 1. The Kier molecular flexibility index (Phi) is 4.93. The van der Waals surface area contributed by atoms with Crippen LogP contribution in [-0.4, -0.2) is 25.1 Å². The zero-order valence-corrected chi connectivity index (χ0v) is 12.0. The highest BCUT2D eigenvalue weighted by molar-refractivity contribution is 7.92. The van der Waals surface area contributed by atoms with Crippen LogP contribution in [0.15, 0.2) is 53.7 Å². The van der Waals surface area contributed by atoms with Crippen molar-refractivity contribution in [2.75, 3.05) is 11.3 Å². The van der Waals surface area contributed by atoms with Gasteiger partial charge < -0.3 is 5.11 Å². The summed E-state index contributed by atoms with van der Waals surface area (Å²) in [5.41, 5.74) is 1.10. The van der Waals surface area contributed by atoms with E-state index in [1.54, 1.807) is 30.3 Å². The number of anilines is 1. The van der Waals surface area contributed by atoms with E-state index in [2.05, 4.69) is 21.5 Å². The van der Waals surface area contributed by atoms with Crippen LogP contribution in [0, 0.1) is 11.8 Å². The van der Waals surface area contributed by atoms with Gasteiger partial charge in [-0.3, -0.25) is 9.71 Å². The van der Waals surface area contributed by atoms with Gasteiger partial charge in [-0.15, -0.1) is 0 Å². The van der Waals surface area contributed by atoms with E-state index in [1.165, 1.54) is 18.5 Å². The Labute approximate surface area is 123 Å². The molecule has 0 fully saturated rings. The Bertz CT molecular complexity index is 762. The average molecular weight is 302 g/mol. The van der Waals surface area contributed by atoms with Crippen LogP contribution in [0.25, 0.3) is 0 Å². The van der Waals surface area contributed by atoms with Crippen molar-refractivity contribution in [3.63, 3.8) is 0 Å². The van der Waals surface area contributed by atoms with Gasteiger partial charge in [0.1, 0.15) is 4.90 Å². The molecule has 0 aliphatic carbocycles. The third-order valence-electron chi connectivity index (χ3n) is 2.53. The molecule has 6 heteroatoms. The maximum Gasteiger partial charge on any atom is 0.263 e. The zero-order chi connectivity index (χ0) is 15.1. The van der Waals surface area contributed by atoms with Crippen LogP contribution in [-0.2, 0) is 10.0 Å². The van der Waals surface area contributed by atoms with Gasteiger partial charge in [0.2, 0.25) is 0 Å². The lowest BCUT2D eigenvalue weighted by molar-refractivity contribution is 0.305. The number of nitrogens with zero attached hydrogens (tertiary/aromatic N) is 1. The van der Waals surface area contributed by atoms with Crippen LogP contribution in [0.1, 0.15) is 12.0 Å². The number of aliphatic hydroxyl groups excluding tert-OH is 1. The summed E-state index contributed by atoms with van der Waals surface area (Å²) < 4.78 is 26.8. The summed E-state index contributed by atoms with van der Waals surface area (Å²) >= 11 is 0. The molecule has 21 heavy (non-hydrogen) atoms. The Morgan fingerprint density at radius 1 is 1.24 bits per heavy atom. The first kappa shape index (κ1) is 15.0. The summed E-state index contributed by atoms with van der Waals surface area (Å²) in [6, 6.07) is 9.80. The summed E-state index contributed by atoms with van der Waals surface area (Å²) in [6.45, 7) is 0.000325. The highest BCUT2D eigenvalue weighted by Crippen LogP contribution is 2.16. The predicted octanol–water partition coefficient (Wildman–Crippen LogP) is 1.62. The first-order valence-electron chi connectivity index (χ1n) is 6.24. The smallest absolute Gasteiger partial charge is 0.263 e. The molecule has 1 aromatic carbocycles. The van der Waals surface area contributed by atoms with Crippen molar-refractivity contribution in [2.24, 2.45) is 0 Å². The molecule has 1 aromatic heterocycles. The van der Waals surface area contributed by atoms with Crippen LogP contribution >= 0.6 is 0 Å². The normalized spacial score (nSPS) is 10.5. The monoisotopic (exact) mass is 302 g/mol. The molecule has 0 saturated heterocycles. The molecule has 0 aliphatic heterocycles. The van der Waals surface area contributed by atoms with E-state index >= 15 is 0 Å². The fourth-order valence-corrected chi connectivity index (χ4v) is 2.61. The third-order valence-corrected chi connectivity index (χ3v) is 3.90. The Morgan fingerprint density at radius 2 is 2.10 bits per heavy atom. The quantitative estimate of drug-likeness (QED) is 0.841. The summed E-state index contributed by atoms with van der Waals surface area (Å²) in [6.07, 6.45) is 3.18. The number of hydrogen-bond donors (Lipinski definition) is 2. The van der Waals surface area contributed by atoms with Gasteiger partial charge in [-0.25, -0.2) is 8.42 Å². The van der Waals surface area contributed by atoms with Crippen molar-refractivity contribution >= 4 is 15.7 Å². The van der Waals surface area contributed by atoms with E-state index in [1.807, 2.05) is 0 Å². The number of nitrogens with one attached hydrogen (secondary N) is 1. The molecule has 0 unspecified atom stereocenters. The molecule has 0 atom stereocenters. The lowest BCUT2D eigenvalue weighted by atomic mass is 10.2. The van der Waals surface area contributed by atoms with Crippen molar-refractivity contribution in [3.8, 4) is 11.8 Å². The second-order valence-electron chi connectivity index (χ2n) is 4.15. The third kappa shape index (κ3) is 4.31. The molecule has 0 saturated carbocycles. The molecule has 0 radical (unpaired) electrons. The molecule has 5 nitrogen and oxygen atoms in total. The number of hydrogen-bond acceptors (Lipinski definition) is 4. The fourth-order valence-electron chi connectivity index (χ4n) is 1.60. The predicted molar refractivity (Wildman–Crippen MR) is 80.1 cm³/mol. The van der Waals surface area contributed by atoms with Crippen LogP contribution in [0.4, 0.5) is 5.69 Å². The highest BCUT2D eigenvalue weighted by atomic mass is 32.2. The van der Waals surface area contributed by atoms with E-state index in [-0.39, 0.29) is 11.5 Å². The minimum Gasteiger partial charge on any atom is -0.395 e. The van der Waals surface area contributed by atoms with Gasteiger partial charge >= 0.3 is 0 Å². The molecule has 108 valence electrons. The second-order valence-corrected chi connectivity index (χ2v) is 5.83. The van der Waals surface area contributed by atoms with Gasteiger partial charge in [-0.1, -0.05) is 17.9 Å². The molecule has 2 aromatic rings. The van der Waals surface area contributed by atoms with Gasteiger partial charge in [0.25, 0.3) is 10.0 Å². The van der Waals surface area contributed by atoms with Crippen LogP contribution in [0.5, 0.6) is 0 Å². The van der Waals surface area contributed by atoms with Crippen LogP contribution < -0.4 is 4.72 Å². The van der Waals surface area contributed by atoms with Crippen LogP contribution in [0.2, 0.25) is 0 Å². The first-order valence-corrected chi connectivity index (χ1v) is 7.73. The molecule has 0 amide bonds. The van der Waals surface area contributed by atoms with Gasteiger partial charge in [0.15, 0.2) is 0 Å². The molecule has 2 rings (SSSR count). The Hall–Kier alpha value is -2.36. The zero-order valence-electron chi connectivity index (χ0n) is 11.2. The van der Waals surface area contributed by atoms with Crippen molar-refractivity contribution in [1.29, 1.82) is 0 Å². The van der Waals surface area contributed by atoms with Crippen molar-refractivity contribution < 1.29 is 13.5 Å². The molecular weight excluding hydrogens is 288 g/mol. The SMILES string of the molecule is O=S(=O)(Nc1cccc(C#CCCO)c1)c1cccnc1. The number of rotatable bonds is 4. The standard InChI is InChI=1S/C15H14N2O3S/c18-10-2-1-5-13-6-3-7-14(11-13)17-21(19,20)15-8-4-9-16-12-15/h3-4,6-9,11-12,17-18H,2,10H2. The van der Waals surface area contributed by atoms with Gasteiger partial charge in [0.05, 0.1) is 12.3 Å². The molecule has 0 bridgehead atoms. The summed E-state index contributed by atoms with van der Waals surface area (Å²) in [4.78, 5) is 3.89. The summed E-state index contributed by atoms with van der Waals surface area (Å²) in [5, 5.41) is 8.68. The molecule has 0 spiro atoms. The topological polar surface area (TPSA) is 79.3 Å². The van der Waals surface area contributed by atoms with Gasteiger partial charge in [-0.05, 0) is 30.3 Å². The van der Waals surface area contributed by atoms with Crippen molar-refractivity contribution in [3.05, 3.63) is 54.4 Å². The largest absolute Gasteiger partial charge is 0.395 e. The number of aliphatic hydroxyl groups is 1. The average Bonchev–Trinajstić information content (AvgIpc) is 2.48. The summed E-state index contributed by atoms with van der Waals surface area (Å²) in [5.74, 6) is 5.64. The maximum atomic E-state index is 12.2. The number of benzene rings is 1. The lowest BCUT2D eigenvalue weighted by Crippen LogP contribution is -2.13. The highest BCUT2D eigenvalue weighted by Gasteiger charge is 2.13. The molecular formula is C15H14N2O3S. The molecule has 2 N–H and O–H groups in total. The summed E-state index contributed by atoms with van der Waals surface area (Å²) in [7, 11) is -3.66. The second kappa shape index (κ2) is 6.88. The number of sulfonamides is 1. The van der Waals surface area contributed by atoms with Gasteiger partial charge in [-0.2, -0.15) is 0 Å². The molecule has 0 aliphatic rings. The Morgan fingerprint density at radius 3 is 2.81 bits per heavy atom. The van der Waals surface area contributed by atoms with Crippen molar-refractivity contribution in [2.45, 2.75) is 11.3 Å². The van der Waals surface area contributed by atoms with E-state index < -0.39 is 10.0 Å². The van der Waals surface area contributed by atoms with E-state index in [4.69, 9.17) is 5.11 Å². The van der Waals surface area contributed by atoms with Crippen LogP contribution in [0.3, 0.4) is 0 Å². The number of pyridine rings is 1. The first-order chi connectivity index (χ1) is 10.1. The Balaban J connectivity index is 2.21. The minimum absolute atomic E-state index is 0.000325. The van der Waals surface area contributed by atoms with E-state index in [9.17, 15) is 8.42 Å². The van der Waals surface area contributed by atoms with Crippen molar-refractivity contribution in [1.82, 2.24) is 4.98 Å². The lowest BCUT2D eigenvalue weighted by Gasteiger charge is -2.07.